The Hall–Kier alpha value is -0.800. The maximum atomic E-state index is 12.4. The minimum atomic E-state index is 0.0273. The highest BCUT2D eigenvalue weighted by molar-refractivity contribution is 7.99. The van der Waals surface area contributed by atoms with Gasteiger partial charge in [-0.25, -0.2) is 0 Å². The minimum absolute atomic E-state index is 0.0273. The Balaban J connectivity index is 1.85. The van der Waals surface area contributed by atoms with Crippen molar-refractivity contribution in [1.29, 1.82) is 0 Å². The van der Waals surface area contributed by atoms with E-state index in [0.717, 1.165) is 17.7 Å². The van der Waals surface area contributed by atoms with Crippen LogP contribution in [0.3, 0.4) is 0 Å². The molecule has 0 saturated heterocycles. The van der Waals surface area contributed by atoms with E-state index < -0.39 is 0 Å². The molecular formula is C14H17NOS. The number of Topliss-reactive ketones (excluding diaryl/α,β-unsaturated/α-hetero) is 1. The molecule has 90 valence electrons. The summed E-state index contributed by atoms with van der Waals surface area (Å²) in [5, 5.41) is 3.17. The Morgan fingerprint density at radius 3 is 3.00 bits per heavy atom. The molecule has 1 heterocycles. The van der Waals surface area contributed by atoms with Gasteiger partial charge in [0.1, 0.15) is 0 Å². The topological polar surface area (TPSA) is 29.1 Å². The average Bonchev–Trinajstić information content (AvgIpc) is 3.07. The smallest absolute Gasteiger partial charge is 0.180 e. The lowest BCUT2D eigenvalue weighted by molar-refractivity contribution is 0.0935. The summed E-state index contributed by atoms with van der Waals surface area (Å²) in [6, 6.07) is 6.24. The normalized spacial score (nSPS) is 20.1. The van der Waals surface area contributed by atoms with Gasteiger partial charge < -0.3 is 5.32 Å². The summed E-state index contributed by atoms with van der Waals surface area (Å²) < 4.78 is 0. The van der Waals surface area contributed by atoms with E-state index in [1.807, 2.05) is 24.9 Å². The second-order valence-corrected chi connectivity index (χ2v) is 6.03. The number of benzene rings is 1. The number of likely N-dealkylation sites (N-methyl/N-ethyl adjacent to an activating group) is 1. The highest BCUT2D eigenvalue weighted by atomic mass is 32.2. The van der Waals surface area contributed by atoms with Crippen molar-refractivity contribution in [2.45, 2.75) is 30.2 Å². The molecule has 1 N–H and O–H groups in total. The number of ketones is 1. The highest BCUT2D eigenvalue weighted by Gasteiger charge is 2.35. The quantitative estimate of drug-likeness (QED) is 0.829. The molecule has 0 spiro atoms. The van der Waals surface area contributed by atoms with Crippen LogP contribution in [0.15, 0.2) is 23.1 Å². The lowest BCUT2D eigenvalue weighted by Crippen LogP contribution is -2.36. The van der Waals surface area contributed by atoms with Crippen LogP contribution in [-0.4, -0.2) is 24.6 Å². The number of nitrogens with one attached hydrogen (secondary N) is 1. The number of hydrogen-bond acceptors (Lipinski definition) is 3. The molecule has 17 heavy (non-hydrogen) atoms. The standard InChI is InChI=1S/C14H17NOS/c1-15-13(10-3-4-10)14(16)11-5-2-9-6-7-17-12(9)8-11/h2,5,8,10,13,15H,3-4,6-7H2,1H3. The molecule has 1 aromatic carbocycles. The van der Waals surface area contributed by atoms with Gasteiger partial charge in [-0.05, 0) is 43.9 Å². The van der Waals surface area contributed by atoms with Crippen molar-refractivity contribution >= 4 is 17.5 Å². The number of aryl methyl sites for hydroxylation is 1. The van der Waals surface area contributed by atoms with Crippen molar-refractivity contribution in [3.05, 3.63) is 29.3 Å². The molecule has 3 rings (SSSR count). The van der Waals surface area contributed by atoms with Crippen LogP contribution in [0.2, 0.25) is 0 Å². The van der Waals surface area contributed by atoms with Gasteiger partial charge in [0.25, 0.3) is 0 Å². The average molecular weight is 247 g/mol. The summed E-state index contributed by atoms with van der Waals surface area (Å²) in [6.45, 7) is 0. The fourth-order valence-corrected chi connectivity index (χ4v) is 3.62. The van der Waals surface area contributed by atoms with E-state index in [2.05, 4.69) is 17.4 Å². The first-order valence-electron chi connectivity index (χ1n) is 6.27. The molecule has 0 amide bonds. The summed E-state index contributed by atoms with van der Waals surface area (Å²) in [7, 11) is 1.89. The van der Waals surface area contributed by atoms with Crippen molar-refractivity contribution < 1.29 is 4.79 Å². The van der Waals surface area contributed by atoms with Gasteiger partial charge in [0, 0.05) is 16.2 Å². The van der Waals surface area contributed by atoms with E-state index in [9.17, 15) is 4.79 Å². The highest BCUT2D eigenvalue weighted by Crippen LogP contribution is 2.36. The molecule has 0 aromatic heterocycles. The third kappa shape index (κ3) is 2.14. The van der Waals surface area contributed by atoms with E-state index in [1.54, 1.807) is 0 Å². The zero-order chi connectivity index (χ0) is 11.8. The summed E-state index contributed by atoms with van der Waals surface area (Å²) in [4.78, 5) is 13.7. The summed E-state index contributed by atoms with van der Waals surface area (Å²) in [5.74, 6) is 1.99. The molecule has 1 saturated carbocycles. The van der Waals surface area contributed by atoms with Crippen LogP contribution in [0, 0.1) is 5.92 Å². The van der Waals surface area contributed by atoms with Gasteiger partial charge in [0.2, 0.25) is 0 Å². The predicted molar refractivity (Wildman–Crippen MR) is 70.8 cm³/mol. The van der Waals surface area contributed by atoms with E-state index in [1.165, 1.54) is 23.3 Å². The number of thioether (sulfide) groups is 1. The minimum Gasteiger partial charge on any atom is -0.310 e. The lowest BCUT2D eigenvalue weighted by atomic mass is 9.99. The van der Waals surface area contributed by atoms with Crippen LogP contribution in [0.4, 0.5) is 0 Å². The zero-order valence-corrected chi connectivity index (χ0v) is 10.8. The molecule has 1 atom stereocenters. The van der Waals surface area contributed by atoms with Crippen LogP contribution < -0.4 is 5.32 Å². The van der Waals surface area contributed by atoms with Gasteiger partial charge in [-0.2, -0.15) is 0 Å². The summed E-state index contributed by atoms with van der Waals surface area (Å²) in [6.07, 6.45) is 3.53. The fourth-order valence-electron chi connectivity index (χ4n) is 2.51. The number of fused-ring (bicyclic) bond motifs is 1. The van der Waals surface area contributed by atoms with Crippen molar-refractivity contribution in [2.24, 2.45) is 5.92 Å². The van der Waals surface area contributed by atoms with Crippen LogP contribution in [0.1, 0.15) is 28.8 Å². The van der Waals surface area contributed by atoms with Gasteiger partial charge in [-0.15, -0.1) is 11.8 Å². The maximum Gasteiger partial charge on any atom is 0.180 e. The Labute approximate surface area is 106 Å². The fraction of sp³-hybridized carbons (Fsp3) is 0.500. The molecular weight excluding hydrogens is 230 g/mol. The Morgan fingerprint density at radius 2 is 2.29 bits per heavy atom. The molecule has 2 aliphatic rings. The Morgan fingerprint density at radius 1 is 1.47 bits per heavy atom. The maximum absolute atomic E-state index is 12.4. The van der Waals surface area contributed by atoms with Crippen LogP contribution in [-0.2, 0) is 6.42 Å². The van der Waals surface area contributed by atoms with Gasteiger partial charge in [-0.1, -0.05) is 12.1 Å². The Bertz CT molecular complexity index is 454. The molecule has 1 fully saturated rings. The zero-order valence-electron chi connectivity index (χ0n) is 10.0. The molecule has 0 radical (unpaired) electrons. The molecule has 1 unspecified atom stereocenters. The second kappa shape index (κ2) is 4.46. The van der Waals surface area contributed by atoms with Crippen LogP contribution >= 0.6 is 11.8 Å². The van der Waals surface area contributed by atoms with Crippen LogP contribution in [0.5, 0.6) is 0 Å². The molecule has 0 bridgehead atoms. The first-order valence-corrected chi connectivity index (χ1v) is 7.25. The first kappa shape index (κ1) is 11.3. The molecule has 1 aromatic rings. The van der Waals surface area contributed by atoms with Crippen molar-refractivity contribution in [2.75, 3.05) is 12.8 Å². The molecule has 2 nitrogen and oxygen atoms in total. The van der Waals surface area contributed by atoms with E-state index in [4.69, 9.17) is 0 Å². The van der Waals surface area contributed by atoms with Crippen molar-refractivity contribution in [1.82, 2.24) is 5.32 Å². The van der Waals surface area contributed by atoms with E-state index in [0.29, 0.717) is 5.92 Å². The van der Waals surface area contributed by atoms with E-state index in [-0.39, 0.29) is 11.8 Å². The largest absolute Gasteiger partial charge is 0.310 e. The van der Waals surface area contributed by atoms with Crippen LogP contribution in [0.25, 0.3) is 0 Å². The second-order valence-electron chi connectivity index (χ2n) is 4.89. The number of carbonyl (C=O) groups is 1. The van der Waals surface area contributed by atoms with E-state index >= 15 is 0 Å². The van der Waals surface area contributed by atoms with Gasteiger partial charge in [0.15, 0.2) is 5.78 Å². The number of carbonyl (C=O) groups excluding carboxylic acids is 1. The third-order valence-electron chi connectivity index (χ3n) is 3.67. The summed E-state index contributed by atoms with van der Waals surface area (Å²) >= 11 is 1.87. The third-order valence-corrected chi connectivity index (χ3v) is 4.77. The first-order chi connectivity index (χ1) is 8.29. The van der Waals surface area contributed by atoms with Gasteiger partial charge >= 0.3 is 0 Å². The number of hydrogen-bond donors (Lipinski definition) is 1. The lowest BCUT2D eigenvalue weighted by Gasteiger charge is -2.14. The molecule has 3 heteroatoms. The molecule has 1 aliphatic carbocycles. The molecule has 1 aliphatic heterocycles. The Kier molecular flexibility index (Phi) is 2.97. The van der Waals surface area contributed by atoms with Gasteiger partial charge in [-0.3, -0.25) is 4.79 Å². The monoisotopic (exact) mass is 247 g/mol. The number of rotatable bonds is 4. The predicted octanol–water partition coefficient (Wildman–Crippen LogP) is 2.52. The SMILES string of the molecule is CNC(C(=O)c1ccc2c(c1)SCC2)C1CC1. The van der Waals surface area contributed by atoms with Crippen molar-refractivity contribution in [3.63, 3.8) is 0 Å². The van der Waals surface area contributed by atoms with Crippen molar-refractivity contribution in [3.8, 4) is 0 Å². The van der Waals surface area contributed by atoms with Gasteiger partial charge in [0.05, 0.1) is 6.04 Å². The summed E-state index contributed by atoms with van der Waals surface area (Å²) in [5.41, 5.74) is 2.28.